The molecule has 1 aromatic rings. The van der Waals surface area contributed by atoms with Gasteiger partial charge < -0.3 is 9.63 Å². The first-order valence-corrected chi connectivity index (χ1v) is 4.72. The summed E-state index contributed by atoms with van der Waals surface area (Å²) in [6.45, 7) is 0. The summed E-state index contributed by atoms with van der Waals surface area (Å²) in [6, 6.07) is 8.78. The Morgan fingerprint density at radius 1 is 1.33 bits per heavy atom. The third kappa shape index (κ3) is 3.94. The van der Waals surface area contributed by atoms with Crippen molar-refractivity contribution in [1.29, 1.82) is 0 Å². The fraction of sp³-hybridized carbons (Fsp3) is 0.143. The summed E-state index contributed by atoms with van der Waals surface area (Å²) >= 11 is 0. The molecule has 0 aromatic heterocycles. The van der Waals surface area contributed by atoms with Gasteiger partial charge in [-0.15, -0.1) is 0 Å². The molecule has 0 bridgehead atoms. The van der Waals surface area contributed by atoms with E-state index in [4.69, 9.17) is 9.63 Å². The summed E-state index contributed by atoms with van der Waals surface area (Å²) in [4.78, 5) is 0. The molecule has 0 radical (unpaired) electrons. The minimum absolute atomic E-state index is 0. The zero-order valence-corrected chi connectivity index (χ0v) is 6.86. The SMILES string of the molecule is O=[PH](CO)Oc1ccccc1.[AlH3]. The van der Waals surface area contributed by atoms with Crippen LogP contribution in [-0.2, 0) is 4.57 Å². The van der Waals surface area contributed by atoms with Crippen LogP contribution in [0, 0.1) is 0 Å². The van der Waals surface area contributed by atoms with Gasteiger partial charge in [-0.05, 0) is 12.1 Å². The molecule has 5 heteroatoms. The van der Waals surface area contributed by atoms with Crippen molar-refractivity contribution in [1.82, 2.24) is 0 Å². The van der Waals surface area contributed by atoms with Gasteiger partial charge >= 0.3 is 0 Å². The second-order valence-electron chi connectivity index (χ2n) is 1.95. The van der Waals surface area contributed by atoms with Crippen LogP contribution in [0.15, 0.2) is 30.3 Å². The average molecular weight is 202 g/mol. The maximum Gasteiger partial charge on any atom is 0.261 e. The van der Waals surface area contributed by atoms with E-state index in [1.807, 2.05) is 6.07 Å². The summed E-state index contributed by atoms with van der Waals surface area (Å²) < 4.78 is 15.6. The Balaban J connectivity index is 0.00000121. The van der Waals surface area contributed by atoms with Crippen molar-refractivity contribution in [3.63, 3.8) is 0 Å². The standard InChI is InChI=1S/C7H9O3P.Al.3H/c8-6-11(9)10-7-4-2-1-3-5-7;;;;/h1-5,8,11H,6H2;;;;. The van der Waals surface area contributed by atoms with Gasteiger partial charge in [-0.25, -0.2) is 0 Å². The van der Waals surface area contributed by atoms with Gasteiger partial charge in [0.25, 0.3) is 8.03 Å². The summed E-state index contributed by atoms with van der Waals surface area (Å²) in [5.74, 6) is 0.533. The van der Waals surface area contributed by atoms with E-state index < -0.39 is 14.4 Å². The number of benzene rings is 1. The molecule has 1 N–H and O–H groups in total. The fourth-order valence-corrected chi connectivity index (χ4v) is 1.12. The van der Waals surface area contributed by atoms with E-state index in [1.54, 1.807) is 24.3 Å². The predicted octanol–water partition coefficient (Wildman–Crippen LogP) is 0.306. The van der Waals surface area contributed by atoms with Crippen LogP contribution in [0.25, 0.3) is 0 Å². The highest BCUT2D eigenvalue weighted by Crippen LogP contribution is 2.24. The molecule has 0 fully saturated rings. The van der Waals surface area contributed by atoms with Gasteiger partial charge in [-0.2, -0.15) is 0 Å². The van der Waals surface area contributed by atoms with Crippen molar-refractivity contribution in [2.24, 2.45) is 0 Å². The lowest BCUT2D eigenvalue weighted by atomic mass is 10.3. The van der Waals surface area contributed by atoms with E-state index in [2.05, 4.69) is 0 Å². The van der Waals surface area contributed by atoms with Crippen LogP contribution in [0.1, 0.15) is 0 Å². The third-order valence-corrected chi connectivity index (χ3v) is 1.83. The Hall–Kier alpha value is -0.258. The van der Waals surface area contributed by atoms with Crippen LogP contribution in [-0.4, -0.2) is 28.8 Å². The van der Waals surface area contributed by atoms with Crippen molar-refractivity contribution in [2.75, 3.05) is 6.35 Å². The molecule has 1 atom stereocenters. The molecule has 66 valence electrons. The lowest BCUT2D eigenvalue weighted by molar-refractivity contribution is 0.345. The van der Waals surface area contributed by atoms with Gasteiger partial charge in [0.05, 0.1) is 0 Å². The molecule has 0 aliphatic heterocycles. The average Bonchev–Trinajstić information content (AvgIpc) is 2.06. The lowest BCUT2D eigenvalue weighted by Crippen LogP contribution is -1.83. The van der Waals surface area contributed by atoms with Gasteiger partial charge in [0, 0.05) is 0 Å². The number of aliphatic hydroxyl groups is 1. The zero-order valence-electron chi connectivity index (χ0n) is 5.86. The molecule has 0 spiro atoms. The van der Waals surface area contributed by atoms with E-state index >= 15 is 0 Å². The second kappa shape index (κ2) is 6.28. The molecular formula is C7H12AlO3P. The molecular weight excluding hydrogens is 190 g/mol. The molecule has 1 unspecified atom stereocenters. The minimum atomic E-state index is -2.28. The molecule has 0 aliphatic rings. The molecule has 0 aliphatic carbocycles. The molecule has 1 aromatic carbocycles. The Bertz CT molecular complexity index is 240. The minimum Gasteiger partial charge on any atom is -0.443 e. The van der Waals surface area contributed by atoms with Crippen LogP contribution in [0.4, 0.5) is 0 Å². The molecule has 3 nitrogen and oxygen atoms in total. The maximum atomic E-state index is 10.7. The highest BCUT2D eigenvalue weighted by atomic mass is 31.1. The van der Waals surface area contributed by atoms with Crippen LogP contribution in [0.2, 0.25) is 0 Å². The molecule has 0 amide bonds. The summed E-state index contributed by atoms with van der Waals surface area (Å²) in [7, 11) is -2.28. The fourth-order valence-electron chi connectivity index (χ4n) is 0.652. The van der Waals surface area contributed by atoms with Crippen LogP contribution in [0.3, 0.4) is 0 Å². The van der Waals surface area contributed by atoms with Crippen LogP contribution >= 0.6 is 8.03 Å². The van der Waals surface area contributed by atoms with E-state index in [0.29, 0.717) is 5.75 Å². The van der Waals surface area contributed by atoms with Crippen molar-refractivity contribution < 1.29 is 14.2 Å². The number of para-hydroxylation sites is 1. The van der Waals surface area contributed by atoms with Gasteiger partial charge in [-0.3, -0.25) is 4.57 Å². The molecule has 0 heterocycles. The van der Waals surface area contributed by atoms with E-state index in [1.165, 1.54) is 0 Å². The summed E-state index contributed by atoms with van der Waals surface area (Å²) in [6.07, 6.45) is -0.403. The quantitative estimate of drug-likeness (QED) is 0.566. The van der Waals surface area contributed by atoms with E-state index in [9.17, 15) is 4.57 Å². The highest BCUT2D eigenvalue weighted by Gasteiger charge is 1.96. The van der Waals surface area contributed by atoms with Crippen molar-refractivity contribution >= 4 is 25.4 Å². The van der Waals surface area contributed by atoms with Gasteiger partial charge in [-0.1, -0.05) is 18.2 Å². The first-order valence-electron chi connectivity index (χ1n) is 3.19. The third-order valence-electron chi connectivity index (χ3n) is 1.10. The number of hydrogen-bond acceptors (Lipinski definition) is 3. The normalized spacial score (nSPS) is 11.4. The van der Waals surface area contributed by atoms with Gasteiger partial charge in [0.1, 0.15) is 12.1 Å². The van der Waals surface area contributed by atoms with Gasteiger partial charge in [0.15, 0.2) is 17.4 Å². The predicted molar refractivity (Wildman–Crippen MR) is 53.1 cm³/mol. The highest BCUT2D eigenvalue weighted by molar-refractivity contribution is 7.39. The van der Waals surface area contributed by atoms with Crippen LogP contribution < -0.4 is 4.52 Å². The van der Waals surface area contributed by atoms with Gasteiger partial charge in [0.2, 0.25) is 0 Å². The first kappa shape index (κ1) is 11.7. The largest absolute Gasteiger partial charge is 0.443 e. The second-order valence-corrected chi connectivity index (χ2v) is 3.21. The Kier molecular flexibility index (Phi) is 6.14. The van der Waals surface area contributed by atoms with E-state index in [-0.39, 0.29) is 17.4 Å². The Labute approximate surface area is 82.4 Å². The molecule has 0 saturated heterocycles. The van der Waals surface area contributed by atoms with Crippen LogP contribution in [0.5, 0.6) is 5.75 Å². The monoisotopic (exact) mass is 202 g/mol. The Morgan fingerprint density at radius 3 is 2.42 bits per heavy atom. The lowest BCUT2D eigenvalue weighted by Gasteiger charge is -2.01. The summed E-state index contributed by atoms with van der Waals surface area (Å²) in [5, 5.41) is 8.40. The summed E-state index contributed by atoms with van der Waals surface area (Å²) in [5.41, 5.74) is 0. The molecule has 12 heavy (non-hydrogen) atoms. The number of hydrogen-bond donors (Lipinski definition) is 1. The molecule has 1 rings (SSSR count). The Morgan fingerprint density at radius 2 is 1.92 bits per heavy atom. The topological polar surface area (TPSA) is 46.5 Å². The molecule has 0 saturated carbocycles. The number of rotatable bonds is 3. The van der Waals surface area contributed by atoms with Crippen molar-refractivity contribution in [3.8, 4) is 5.75 Å². The smallest absolute Gasteiger partial charge is 0.261 e. The number of aliphatic hydroxyl groups excluding tert-OH is 1. The van der Waals surface area contributed by atoms with Crippen molar-refractivity contribution in [3.05, 3.63) is 30.3 Å². The van der Waals surface area contributed by atoms with Crippen molar-refractivity contribution in [2.45, 2.75) is 0 Å². The van der Waals surface area contributed by atoms with E-state index in [0.717, 1.165) is 0 Å². The first-order chi connectivity index (χ1) is 5.33. The maximum absolute atomic E-state index is 10.7. The zero-order chi connectivity index (χ0) is 8.10.